The Balaban J connectivity index is 1.87. The maximum absolute atomic E-state index is 12.1. The van der Waals surface area contributed by atoms with Gasteiger partial charge >= 0.3 is 0 Å². The molecule has 0 aromatic rings. The highest BCUT2D eigenvalue weighted by atomic mass is 32.2. The average Bonchev–Trinajstić information content (AvgIpc) is 2.88. The summed E-state index contributed by atoms with van der Waals surface area (Å²) in [5, 5.41) is 2.89. The molecule has 2 aliphatic rings. The molecule has 6 nitrogen and oxygen atoms in total. The maximum atomic E-state index is 12.1. The van der Waals surface area contributed by atoms with Gasteiger partial charge in [0, 0.05) is 38.8 Å². The van der Waals surface area contributed by atoms with Gasteiger partial charge in [-0.3, -0.25) is 4.90 Å². The van der Waals surface area contributed by atoms with Gasteiger partial charge in [0.15, 0.2) is 0 Å². The van der Waals surface area contributed by atoms with Crippen LogP contribution in [0.1, 0.15) is 6.42 Å². The van der Waals surface area contributed by atoms with Crippen LogP contribution in [-0.4, -0.2) is 82.4 Å². The van der Waals surface area contributed by atoms with Gasteiger partial charge in [0.05, 0.1) is 19.0 Å². The SMILES string of the molecule is CNCCS(=O)(=O)N1CCC(N2CCOCC2)C1. The summed E-state index contributed by atoms with van der Waals surface area (Å²) in [6, 6.07) is 0.373. The molecule has 0 aromatic heterocycles. The lowest BCUT2D eigenvalue weighted by molar-refractivity contribution is 0.0197. The molecule has 0 spiro atoms. The van der Waals surface area contributed by atoms with Gasteiger partial charge in [-0.2, -0.15) is 0 Å². The fraction of sp³-hybridized carbons (Fsp3) is 1.00. The molecule has 2 rings (SSSR count). The molecule has 1 atom stereocenters. The zero-order chi connectivity index (χ0) is 13.0. The lowest BCUT2D eigenvalue weighted by Gasteiger charge is -2.32. The standard InChI is InChI=1S/C11H23N3O3S/c1-12-3-9-18(15,16)14-4-2-11(10-14)13-5-7-17-8-6-13/h11-12H,2-10H2,1H3. The minimum Gasteiger partial charge on any atom is -0.379 e. The molecule has 0 radical (unpaired) electrons. The summed E-state index contributed by atoms with van der Waals surface area (Å²) in [4.78, 5) is 2.36. The normalized spacial score (nSPS) is 27.7. The van der Waals surface area contributed by atoms with Crippen molar-refractivity contribution >= 4 is 10.0 Å². The van der Waals surface area contributed by atoms with Crippen molar-refractivity contribution in [3.8, 4) is 0 Å². The third-order valence-electron chi connectivity index (χ3n) is 3.69. The molecule has 18 heavy (non-hydrogen) atoms. The van der Waals surface area contributed by atoms with Gasteiger partial charge in [0.25, 0.3) is 0 Å². The Morgan fingerprint density at radius 3 is 2.67 bits per heavy atom. The van der Waals surface area contributed by atoms with Crippen molar-refractivity contribution in [1.29, 1.82) is 0 Å². The van der Waals surface area contributed by atoms with E-state index in [9.17, 15) is 8.42 Å². The molecular formula is C11H23N3O3S. The first kappa shape index (κ1) is 14.2. The molecule has 2 saturated heterocycles. The molecule has 106 valence electrons. The van der Waals surface area contributed by atoms with E-state index in [1.165, 1.54) is 0 Å². The largest absolute Gasteiger partial charge is 0.379 e. The van der Waals surface area contributed by atoms with E-state index >= 15 is 0 Å². The first-order chi connectivity index (χ1) is 8.63. The molecular weight excluding hydrogens is 254 g/mol. The number of ether oxygens (including phenoxy) is 1. The second-order valence-corrected chi connectivity index (χ2v) is 6.96. The second-order valence-electron chi connectivity index (χ2n) is 4.87. The number of hydrogen-bond donors (Lipinski definition) is 1. The van der Waals surface area contributed by atoms with E-state index in [4.69, 9.17) is 4.74 Å². The Morgan fingerprint density at radius 2 is 2.00 bits per heavy atom. The van der Waals surface area contributed by atoms with Gasteiger partial charge in [0.1, 0.15) is 0 Å². The van der Waals surface area contributed by atoms with Crippen LogP contribution in [0.15, 0.2) is 0 Å². The van der Waals surface area contributed by atoms with Crippen molar-refractivity contribution in [1.82, 2.24) is 14.5 Å². The summed E-state index contributed by atoms with van der Waals surface area (Å²) in [7, 11) is -1.31. The number of rotatable bonds is 5. The second kappa shape index (κ2) is 6.29. The van der Waals surface area contributed by atoms with E-state index in [0.29, 0.717) is 25.7 Å². The van der Waals surface area contributed by atoms with Crippen molar-refractivity contribution in [2.24, 2.45) is 0 Å². The molecule has 0 aliphatic carbocycles. The molecule has 0 aromatic carbocycles. The first-order valence-corrected chi connectivity index (χ1v) is 8.18. The minimum atomic E-state index is -3.08. The quantitative estimate of drug-likeness (QED) is 0.694. The molecule has 2 heterocycles. The first-order valence-electron chi connectivity index (χ1n) is 6.58. The van der Waals surface area contributed by atoms with Gasteiger partial charge in [0.2, 0.25) is 10.0 Å². The highest BCUT2D eigenvalue weighted by molar-refractivity contribution is 7.89. The third kappa shape index (κ3) is 3.42. The number of hydrogen-bond acceptors (Lipinski definition) is 5. The molecule has 7 heteroatoms. The Morgan fingerprint density at radius 1 is 1.28 bits per heavy atom. The molecule has 1 unspecified atom stereocenters. The van der Waals surface area contributed by atoms with Crippen molar-refractivity contribution in [2.75, 3.05) is 58.7 Å². The third-order valence-corrected chi connectivity index (χ3v) is 5.53. The summed E-state index contributed by atoms with van der Waals surface area (Å²) in [5.41, 5.74) is 0. The van der Waals surface area contributed by atoms with Gasteiger partial charge in [-0.1, -0.05) is 0 Å². The van der Waals surface area contributed by atoms with Crippen LogP contribution in [0.3, 0.4) is 0 Å². The molecule has 0 bridgehead atoms. The predicted octanol–water partition coefficient (Wildman–Crippen LogP) is -1.06. The summed E-state index contributed by atoms with van der Waals surface area (Å²) in [5.74, 6) is 0.194. The number of morpholine rings is 1. The van der Waals surface area contributed by atoms with Crippen LogP contribution in [0.2, 0.25) is 0 Å². The molecule has 2 fully saturated rings. The van der Waals surface area contributed by atoms with Crippen LogP contribution in [0, 0.1) is 0 Å². The average molecular weight is 277 g/mol. The molecule has 1 N–H and O–H groups in total. The van der Waals surface area contributed by atoms with Gasteiger partial charge in [-0.05, 0) is 13.5 Å². The van der Waals surface area contributed by atoms with Crippen molar-refractivity contribution in [3.63, 3.8) is 0 Å². The maximum Gasteiger partial charge on any atom is 0.215 e. The van der Waals surface area contributed by atoms with E-state index in [1.54, 1.807) is 11.4 Å². The van der Waals surface area contributed by atoms with E-state index in [-0.39, 0.29) is 5.75 Å². The van der Waals surface area contributed by atoms with E-state index in [0.717, 1.165) is 32.7 Å². The fourth-order valence-corrected chi connectivity index (χ4v) is 4.07. The summed E-state index contributed by atoms with van der Waals surface area (Å²) in [6.07, 6.45) is 0.943. The summed E-state index contributed by atoms with van der Waals surface area (Å²) >= 11 is 0. The van der Waals surface area contributed by atoms with E-state index in [1.807, 2.05) is 0 Å². The topological polar surface area (TPSA) is 61.9 Å². The number of sulfonamides is 1. The highest BCUT2D eigenvalue weighted by Gasteiger charge is 2.34. The Labute approximate surface area is 109 Å². The lowest BCUT2D eigenvalue weighted by atomic mass is 10.2. The van der Waals surface area contributed by atoms with Crippen molar-refractivity contribution in [3.05, 3.63) is 0 Å². The van der Waals surface area contributed by atoms with Crippen LogP contribution in [0.5, 0.6) is 0 Å². The van der Waals surface area contributed by atoms with E-state index in [2.05, 4.69) is 10.2 Å². The predicted molar refractivity (Wildman–Crippen MR) is 70.1 cm³/mol. The zero-order valence-electron chi connectivity index (χ0n) is 11.0. The summed E-state index contributed by atoms with van der Waals surface area (Å²) < 4.78 is 31.1. The molecule has 0 saturated carbocycles. The van der Waals surface area contributed by atoms with Crippen LogP contribution in [-0.2, 0) is 14.8 Å². The number of nitrogens with zero attached hydrogens (tertiary/aromatic N) is 2. The molecule has 2 aliphatic heterocycles. The Kier molecular flexibility index (Phi) is 4.97. The summed E-state index contributed by atoms with van der Waals surface area (Å²) in [6.45, 7) is 5.21. The van der Waals surface area contributed by atoms with Crippen molar-refractivity contribution in [2.45, 2.75) is 12.5 Å². The monoisotopic (exact) mass is 277 g/mol. The Bertz CT molecular complexity index is 355. The van der Waals surface area contributed by atoms with Crippen LogP contribution >= 0.6 is 0 Å². The van der Waals surface area contributed by atoms with E-state index < -0.39 is 10.0 Å². The smallest absolute Gasteiger partial charge is 0.215 e. The fourth-order valence-electron chi connectivity index (χ4n) is 2.56. The van der Waals surface area contributed by atoms with Gasteiger partial charge in [-0.15, -0.1) is 0 Å². The Hall–Kier alpha value is -0.210. The number of nitrogens with one attached hydrogen (secondary N) is 1. The highest BCUT2D eigenvalue weighted by Crippen LogP contribution is 2.19. The zero-order valence-corrected chi connectivity index (χ0v) is 11.8. The lowest BCUT2D eigenvalue weighted by Crippen LogP contribution is -2.45. The molecule has 0 amide bonds. The minimum absolute atomic E-state index is 0.194. The van der Waals surface area contributed by atoms with Gasteiger partial charge < -0.3 is 10.1 Å². The van der Waals surface area contributed by atoms with Crippen molar-refractivity contribution < 1.29 is 13.2 Å². The van der Waals surface area contributed by atoms with Crippen LogP contribution in [0.25, 0.3) is 0 Å². The van der Waals surface area contributed by atoms with Crippen LogP contribution < -0.4 is 5.32 Å². The van der Waals surface area contributed by atoms with Crippen LogP contribution in [0.4, 0.5) is 0 Å². The van der Waals surface area contributed by atoms with Gasteiger partial charge in [-0.25, -0.2) is 12.7 Å².